The zero-order valence-electron chi connectivity index (χ0n) is 10.4. The second-order valence-corrected chi connectivity index (χ2v) is 5.71. The number of nitrogens with two attached hydrogens (primary N) is 1. The molecule has 19 heavy (non-hydrogen) atoms. The zero-order chi connectivity index (χ0) is 14.2. The van der Waals surface area contributed by atoms with Crippen molar-refractivity contribution in [1.29, 1.82) is 0 Å². The van der Waals surface area contributed by atoms with Crippen LogP contribution in [0.5, 0.6) is 0 Å². The van der Waals surface area contributed by atoms with Gasteiger partial charge >= 0.3 is 0 Å². The molecule has 0 saturated carbocycles. The molecule has 0 aliphatic heterocycles. The third kappa shape index (κ3) is 2.56. The van der Waals surface area contributed by atoms with Gasteiger partial charge in [0.15, 0.2) is 5.82 Å². The van der Waals surface area contributed by atoms with Gasteiger partial charge in [0.1, 0.15) is 0 Å². The Bertz CT molecular complexity index is 739. The summed E-state index contributed by atoms with van der Waals surface area (Å²) in [5, 5.41) is 12.3. The van der Waals surface area contributed by atoms with Gasteiger partial charge in [0, 0.05) is 23.9 Å². The lowest BCUT2D eigenvalue weighted by Crippen LogP contribution is -2.20. The van der Waals surface area contributed by atoms with Gasteiger partial charge in [-0.3, -0.25) is 9.36 Å². The van der Waals surface area contributed by atoms with Gasteiger partial charge in [-0.05, 0) is 19.9 Å². The van der Waals surface area contributed by atoms with Gasteiger partial charge in [-0.1, -0.05) is 0 Å². The first-order valence-corrected chi connectivity index (χ1v) is 7.02. The fourth-order valence-corrected chi connectivity index (χ4v) is 2.41. The molecule has 0 saturated heterocycles. The fraction of sp³-hybridized carbons (Fsp3) is 0.300. The molecule has 0 atom stereocenters. The minimum atomic E-state index is -3.96. The van der Waals surface area contributed by atoms with E-state index in [2.05, 4.69) is 15.2 Å². The summed E-state index contributed by atoms with van der Waals surface area (Å²) in [6.45, 7) is 3.57. The molecule has 8 nitrogen and oxygen atoms in total. The highest BCUT2D eigenvalue weighted by Gasteiger charge is 2.23. The van der Waals surface area contributed by atoms with Crippen molar-refractivity contribution in [1.82, 2.24) is 19.7 Å². The number of hydrogen-bond donors (Lipinski definition) is 2. The molecule has 0 radical (unpaired) electrons. The minimum absolute atomic E-state index is 0.203. The highest BCUT2D eigenvalue weighted by molar-refractivity contribution is 7.89. The van der Waals surface area contributed by atoms with E-state index in [-0.39, 0.29) is 16.8 Å². The number of pyridine rings is 1. The molecule has 3 N–H and O–H groups in total. The van der Waals surface area contributed by atoms with Crippen LogP contribution < -0.4 is 10.7 Å². The average molecular weight is 283 g/mol. The zero-order valence-corrected chi connectivity index (χ0v) is 11.2. The Morgan fingerprint density at radius 3 is 2.47 bits per heavy atom. The third-order valence-corrected chi connectivity index (χ3v) is 3.27. The standard InChI is InChI=1S/C10H13N5O3S/c1-6(2)15-9(7-3-4-8(16)12-5-7)13-14-10(15)19(11,17)18/h3-6H,1-2H3,(H,12,16)(H2,11,17,18). The Labute approximate surface area is 109 Å². The Kier molecular flexibility index (Phi) is 3.25. The van der Waals surface area contributed by atoms with Crippen molar-refractivity contribution in [2.45, 2.75) is 25.0 Å². The molecule has 0 aliphatic carbocycles. The lowest BCUT2D eigenvalue weighted by atomic mass is 10.2. The molecule has 0 aliphatic rings. The van der Waals surface area contributed by atoms with Crippen LogP contribution in [0.25, 0.3) is 11.4 Å². The lowest BCUT2D eigenvalue weighted by molar-refractivity contribution is 0.524. The Morgan fingerprint density at radius 2 is 2.00 bits per heavy atom. The van der Waals surface area contributed by atoms with Crippen molar-refractivity contribution in [3.8, 4) is 11.4 Å². The molecule has 0 amide bonds. The quantitative estimate of drug-likeness (QED) is 0.811. The molecule has 9 heteroatoms. The number of H-pyrrole nitrogens is 1. The fourth-order valence-electron chi connectivity index (χ4n) is 1.68. The molecule has 0 aromatic carbocycles. The molecular formula is C10H13N5O3S. The monoisotopic (exact) mass is 283 g/mol. The van der Waals surface area contributed by atoms with Crippen molar-refractivity contribution in [2.24, 2.45) is 5.14 Å². The minimum Gasteiger partial charge on any atom is -0.328 e. The van der Waals surface area contributed by atoms with E-state index in [1.807, 2.05) is 0 Å². The van der Waals surface area contributed by atoms with Crippen LogP contribution in [-0.2, 0) is 10.0 Å². The number of nitrogens with one attached hydrogen (secondary N) is 1. The topological polar surface area (TPSA) is 124 Å². The molecule has 0 fully saturated rings. The molecule has 102 valence electrons. The van der Waals surface area contributed by atoms with E-state index in [0.717, 1.165) is 0 Å². The van der Waals surface area contributed by atoms with Gasteiger partial charge in [-0.25, -0.2) is 13.6 Å². The number of nitrogens with zero attached hydrogens (tertiary/aromatic N) is 3. The molecule has 2 rings (SSSR count). The summed E-state index contributed by atoms with van der Waals surface area (Å²) in [6, 6.07) is 2.66. The van der Waals surface area contributed by atoms with Crippen molar-refractivity contribution in [2.75, 3.05) is 0 Å². The van der Waals surface area contributed by atoms with Crippen molar-refractivity contribution < 1.29 is 8.42 Å². The highest BCUT2D eigenvalue weighted by atomic mass is 32.2. The first-order chi connectivity index (χ1) is 8.80. The first kappa shape index (κ1) is 13.4. The molecule has 0 spiro atoms. The third-order valence-electron chi connectivity index (χ3n) is 2.48. The summed E-state index contributed by atoms with van der Waals surface area (Å²) in [7, 11) is -3.96. The maximum atomic E-state index is 11.5. The normalized spacial score (nSPS) is 12.0. The van der Waals surface area contributed by atoms with Crippen LogP contribution in [0.4, 0.5) is 0 Å². The summed E-state index contributed by atoms with van der Waals surface area (Å²) < 4.78 is 24.3. The summed E-state index contributed by atoms with van der Waals surface area (Å²) in [4.78, 5) is 13.5. The Morgan fingerprint density at radius 1 is 1.32 bits per heavy atom. The number of aromatic nitrogens is 4. The van der Waals surface area contributed by atoms with Crippen molar-refractivity contribution in [3.63, 3.8) is 0 Å². The number of sulfonamides is 1. The number of aromatic amines is 1. The van der Waals surface area contributed by atoms with Crippen LogP contribution >= 0.6 is 0 Å². The summed E-state index contributed by atoms with van der Waals surface area (Å²) in [5.74, 6) is 0.329. The number of primary sulfonamides is 1. The molecule has 0 bridgehead atoms. The van der Waals surface area contributed by atoms with Crippen LogP contribution in [0.1, 0.15) is 19.9 Å². The predicted octanol–water partition coefficient (Wildman–Crippen LogP) is -0.138. The number of rotatable bonds is 3. The van der Waals surface area contributed by atoms with Crippen LogP contribution in [-0.4, -0.2) is 28.2 Å². The largest absolute Gasteiger partial charge is 0.328 e. The van der Waals surface area contributed by atoms with Gasteiger partial charge < -0.3 is 4.98 Å². The van der Waals surface area contributed by atoms with E-state index in [4.69, 9.17) is 5.14 Å². The van der Waals surface area contributed by atoms with E-state index >= 15 is 0 Å². The second-order valence-electron chi connectivity index (χ2n) is 4.26. The maximum Gasteiger partial charge on any atom is 0.273 e. The van der Waals surface area contributed by atoms with E-state index < -0.39 is 10.0 Å². The average Bonchev–Trinajstić information content (AvgIpc) is 2.74. The van der Waals surface area contributed by atoms with Gasteiger partial charge in [0.05, 0.1) is 0 Å². The predicted molar refractivity (Wildman–Crippen MR) is 67.8 cm³/mol. The Balaban J connectivity index is 2.69. The Hall–Kier alpha value is -2.00. The maximum absolute atomic E-state index is 11.5. The highest BCUT2D eigenvalue weighted by Crippen LogP contribution is 2.22. The lowest BCUT2D eigenvalue weighted by Gasteiger charge is -2.12. The second kappa shape index (κ2) is 4.59. The molecule has 2 aromatic heterocycles. The van der Waals surface area contributed by atoms with Gasteiger partial charge in [0.25, 0.3) is 15.2 Å². The summed E-state index contributed by atoms with van der Waals surface area (Å²) >= 11 is 0. The van der Waals surface area contributed by atoms with Gasteiger partial charge in [0.2, 0.25) is 5.56 Å². The van der Waals surface area contributed by atoms with Crippen LogP contribution in [0.3, 0.4) is 0 Å². The molecular weight excluding hydrogens is 270 g/mol. The smallest absolute Gasteiger partial charge is 0.273 e. The van der Waals surface area contributed by atoms with E-state index in [0.29, 0.717) is 11.4 Å². The summed E-state index contributed by atoms with van der Waals surface area (Å²) in [6.07, 6.45) is 1.44. The first-order valence-electron chi connectivity index (χ1n) is 5.47. The van der Waals surface area contributed by atoms with E-state index in [1.165, 1.54) is 22.9 Å². The molecule has 2 aromatic rings. The van der Waals surface area contributed by atoms with E-state index in [1.54, 1.807) is 13.8 Å². The summed E-state index contributed by atoms with van der Waals surface area (Å²) in [5.41, 5.74) is 0.293. The van der Waals surface area contributed by atoms with Crippen LogP contribution in [0.15, 0.2) is 28.3 Å². The van der Waals surface area contributed by atoms with Gasteiger partial charge in [-0.2, -0.15) is 0 Å². The van der Waals surface area contributed by atoms with Crippen molar-refractivity contribution >= 4 is 10.0 Å². The van der Waals surface area contributed by atoms with E-state index in [9.17, 15) is 13.2 Å². The molecule has 2 heterocycles. The SMILES string of the molecule is CC(C)n1c(-c2ccc(=O)[nH]c2)nnc1S(N)(=O)=O. The molecule has 0 unspecified atom stereocenters. The van der Waals surface area contributed by atoms with Crippen LogP contribution in [0, 0.1) is 0 Å². The van der Waals surface area contributed by atoms with Gasteiger partial charge in [-0.15, -0.1) is 10.2 Å². The van der Waals surface area contributed by atoms with Crippen LogP contribution in [0.2, 0.25) is 0 Å². The number of hydrogen-bond acceptors (Lipinski definition) is 5. The van der Waals surface area contributed by atoms with Crippen molar-refractivity contribution in [3.05, 3.63) is 28.7 Å².